The third kappa shape index (κ3) is 4.58. The first-order valence-corrected chi connectivity index (χ1v) is 13.0. The summed E-state index contributed by atoms with van der Waals surface area (Å²) in [6, 6.07) is 12.4. The van der Waals surface area contributed by atoms with Crippen molar-refractivity contribution in [3.8, 4) is 11.8 Å². The average molecular weight is 485 g/mol. The Balaban J connectivity index is 1.48. The minimum atomic E-state index is -0.0175. The Morgan fingerprint density at radius 1 is 1.11 bits per heavy atom. The van der Waals surface area contributed by atoms with Crippen molar-refractivity contribution in [2.45, 2.75) is 52.5 Å². The molecule has 5 rings (SSSR count). The summed E-state index contributed by atoms with van der Waals surface area (Å²) in [4.78, 5) is 12.0. The Morgan fingerprint density at radius 2 is 1.86 bits per heavy atom. The molecule has 0 unspecified atom stereocenters. The van der Waals surface area contributed by atoms with E-state index in [-0.39, 0.29) is 6.04 Å². The van der Waals surface area contributed by atoms with Gasteiger partial charge in [-0.25, -0.2) is 9.97 Å². The van der Waals surface area contributed by atoms with Gasteiger partial charge in [0.25, 0.3) is 0 Å². The second kappa shape index (κ2) is 9.94. The molecule has 2 aliphatic rings. The Bertz CT molecular complexity index is 1300. The molecule has 188 valence electrons. The molecule has 2 fully saturated rings. The predicted octanol–water partition coefficient (Wildman–Crippen LogP) is 5.27. The van der Waals surface area contributed by atoms with E-state index in [2.05, 4.69) is 40.7 Å². The number of fused-ring (bicyclic) bond motifs is 1. The molecule has 0 saturated carbocycles. The monoisotopic (exact) mass is 484 g/mol. The highest BCUT2D eigenvalue weighted by Gasteiger charge is 2.36. The maximum atomic E-state index is 9.47. The van der Waals surface area contributed by atoms with Gasteiger partial charge in [0.2, 0.25) is 0 Å². The number of aryl methyl sites for hydroxylation is 1. The van der Waals surface area contributed by atoms with Gasteiger partial charge in [-0.1, -0.05) is 12.1 Å². The molecule has 0 amide bonds. The van der Waals surface area contributed by atoms with Crippen LogP contribution in [-0.4, -0.2) is 43.3 Å². The Hall–Kier alpha value is -3.37. The van der Waals surface area contributed by atoms with E-state index in [4.69, 9.17) is 14.7 Å². The number of piperidine rings is 2. The third-order valence-electron chi connectivity index (χ3n) is 8.25. The number of nitrogens with one attached hydrogen (secondary N) is 2. The summed E-state index contributed by atoms with van der Waals surface area (Å²) < 4.78 is 5.85. The van der Waals surface area contributed by atoms with Crippen LogP contribution < -0.4 is 20.3 Å². The van der Waals surface area contributed by atoms with Gasteiger partial charge in [0.15, 0.2) is 0 Å². The molecule has 0 bridgehead atoms. The molecule has 3 aromatic rings. The van der Waals surface area contributed by atoms with Crippen LogP contribution in [-0.2, 0) is 0 Å². The quantitative estimate of drug-likeness (QED) is 0.510. The molecule has 2 aliphatic heterocycles. The largest absolute Gasteiger partial charge is 0.495 e. The van der Waals surface area contributed by atoms with Crippen LogP contribution in [0.2, 0.25) is 0 Å². The molecule has 1 atom stereocenters. The first-order valence-electron chi connectivity index (χ1n) is 13.0. The molecule has 0 radical (unpaired) electrons. The number of methoxy groups -OCH3 is 1. The molecular formula is C29H36N6O. The summed E-state index contributed by atoms with van der Waals surface area (Å²) in [5, 5.41) is 17.6. The first kappa shape index (κ1) is 24.3. The highest BCUT2D eigenvalue weighted by atomic mass is 16.5. The molecular weight excluding hydrogens is 448 g/mol. The van der Waals surface area contributed by atoms with Crippen molar-refractivity contribution in [3.05, 3.63) is 52.8 Å². The molecule has 2 saturated heterocycles. The van der Waals surface area contributed by atoms with Gasteiger partial charge in [0.05, 0.1) is 36.0 Å². The van der Waals surface area contributed by atoms with Gasteiger partial charge in [0.1, 0.15) is 17.4 Å². The number of anilines is 2. The van der Waals surface area contributed by atoms with Crippen LogP contribution in [0.25, 0.3) is 10.9 Å². The van der Waals surface area contributed by atoms with Crippen molar-refractivity contribution < 1.29 is 4.74 Å². The van der Waals surface area contributed by atoms with Crippen LogP contribution in [0, 0.1) is 30.6 Å². The van der Waals surface area contributed by atoms with Crippen LogP contribution in [0.15, 0.2) is 30.3 Å². The minimum Gasteiger partial charge on any atom is -0.495 e. The third-order valence-corrected chi connectivity index (χ3v) is 8.25. The molecule has 1 spiro atoms. The highest BCUT2D eigenvalue weighted by molar-refractivity contribution is 5.94. The average Bonchev–Trinajstić information content (AvgIpc) is 2.89. The van der Waals surface area contributed by atoms with Crippen LogP contribution in [0.5, 0.6) is 5.75 Å². The van der Waals surface area contributed by atoms with Crippen LogP contribution >= 0.6 is 0 Å². The number of ether oxygens (including phenoxy) is 1. The van der Waals surface area contributed by atoms with Crippen LogP contribution in [0.4, 0.5) is 11.5 Å². The number of hydrogen-bond acceptors (Lipinski definition) is 7. The summed E-state index contributed by atoms with van der Waals surface area (Å²) in [6.07, 6.45) is 5.00. The SMILES string of the molecule is COc1cc2nc(C)nc(N[C@H](C)c3cccc(C#N)c3C)c2cc1N1CCC2(CCNCC2)CC1. The summed E-state index contributed by atoms with van der Waals surface area (Å²) in [7, 11) is 1.74. The van der Waals surface area contributed by atoms with Gasteiger partial charge in [-0.15, -0.1) is 0 Å². The normalized spacial score (nSPS) is 18.1. The standard InChI is InChI=1S/C29H36N6O/c1-19-22(18-30)6-5-7-23(19)20(2)32-28-24-16-26(27(36-4)17-25(24)33-21(3)34-28)35-14-10-29(11-15-35)8-12-31-13-9-29/h5-7,16-17,20,31H,8-15H2,1-4H3,(H,32,33,34)/t20-/m1/s1. The van der Waals surface area contributed by atoms with Gasteiger partial charge in [0, 0.05) is 24.5 Å². The van der Waals surface area contributed by atoms with Crippen molar-refractivity contribution in [1.29, 1.82) is 5.26 Å². The number of benzene rings is 2. The lowest BCUT2D eigenvalue weighted by Gasteiger charge is -2.45. The molecule has 1 aromatic heterocycles. The smallest absolute Gasteiger partial charge is 0.144 e. The van der Waals surface area contributed by atoms with E-state index in [1.54, 1.807) is 7.11 Å². The number of rotatable bonds is 5. The van der Waals surface area contributed by atoms with E-state index in [0.29, 0.717) is 16.8 Å². The van der Waals surface area contributed by atoms with E-state index in [1.165, 1.54) is 25.7 Å². The number of nitriles is 1. The molecule has 2 aromatic carbocycles. The second-order valence-corrected chi connectivity index (χ2v) is 10.4. The maximum Gasteiger partial charge on any atom is 0.144 e. The van der Waals surface area contributed by atoms with Crippen molar-refractivity contribution in [2.24, 2.45) is 5.41 Å². The molecule has 7 nitrogen and oxygen atoms in total. The fraction of sp³-hybridized carbons (Fsp3) is 0.483. The molecule has 0 aliphatic carbocycles. The second-order valence-electron chi connectivity index (χ2n) is 10.4. The van der Waals surface area contributed by atoms with E-state index < -0.39 is 0 Å². The summed E-state index contributed by atoms with van der Waals surface area (Å²) >= 11 is 0. The first-order chi connectivity index (χ1) is 17.4. The lowest BCUT2D eigenvalue weighted by Crippen LogP contribution is -2.45. The zero-order valence-electron chi connectivity index (χ0n) is 21.8. The molecule has 3 heterocycles. The topological polar surface area (TPSA) is 86.1 Å². The Morgan fingerprint density at radius 3 is 2.56 bits per heavy atom. The summed E-state index contributed by atoms with van der Waals surface area (Å²) in [5.41, 5.74) is 5.26. The zero-order valence-corrected chi connectivity index (χ0v) is 21.8. The predicted molar refractivity (Wildman–Crippen MR) is 145 cm³/mol. The van der Waals surface area contributed by atoms with Crippen LogP contribution in [0.1, 0.15) is 61.2 Å². The van der Waals surface area contributed by atoms with Gasteiger partial charge in [-0.2, -0.15) is 5.26 Å². The Kier molecular flexibility index (Phi) is 6.72. The van der Waals surface area contributed by atoms with Gasteiger partial charge in [-0.05, 0) is 88.2 Å². The maximum absolute atomic E-state index is 9.47. The molecule has 2 N–H and O–H groups in total. The van der Waals surface area contributed by atoms with Gasteiger partial charge >= 0.3 is 0 Å². The van der Waals surface area contributed by atoms with Crippen molar-refractivity contribution >= 4 is 22.4 Å². The van der Waals surface area contributed by atoms with E-state index in [1.807, 2.05) is 32.0 Å². The number of aromatic nitrogens is 2. The van der Waals surface area contributed by atoms with Gasteiger partial charge < -0.3 is 20.3 Å². The van der Waals surface area contributed by atoms with Gasteiger partial charge in [-0.3, -0.25) is 0 Å². The van der Waals surface area contributed by atoms with Crippen LogP contribution in [0.3, 0.4) is 0 Å². The minimum absolute atomic E-state index is 0.0175. The van der Waals surface area contributed by atoms with Crippen molar-refractivity contribution in [1.82, 2.24) is 15.3 Å². The fourth-order valence-corrected chi connectivity index (χ4v) is 5.99. The van der Waals surface area contributed by atoms with Crippen molar-refractivity contribution in [2.75, 3.05) is 43.5 Å². The lowest BCUT2D eigenvalue weighted by atomic mass is 9.71. The number of nitrogens with zero attached hydrogens (tertiary/aromatic N) is 4. The number of hydrogen-bond donors (Lipinski definition) is 2. The highest BCUT2D eigenvalue weighted by Crippen LogP contribution is 2.43. The van der Waals surface area contributed by atoms with Crippen molar-refractivity contribution in [3.63, 3.8) is 0 Å². The Labute approximate surface area is 213 Å². The van der Waals surface area contributed by atoms with E-state index in [9.17, 15) is 5.26 Å². The van der Waals surface area contributed by atoms with E-state index >= 15 is 0 Å². The summed E-state index contributed by atoms with van der Waals surface area (Å²) in [5.74, 6) is 2.38. The summed E-state index contributed by atoms with van der Waals surface area (Å²) in [6.45, 7) is 10.4. The fourth-order valence-electron chi connectivity index (χ4n) is 5.99. The lowest BCUT2D eigenvalue weighted by molar-refractivity contribution is 0.154. The van der Waals surface area contributed by atoms with E-state index in [0.717, 1.165) is 65.5 Å². The zero-order chi connectivity index (χ0) is 25.3. The molecule has 7 heteroatoms. The molecule has 36 heavy (non-hydrogen) atoms.